The highest BCUT2D eigenvalue weighted by Gasteiger charge is 2.04. The molecule has 5 heteroatoms. The summed E-state index contributed by atoms with van der Waals surface area (Å²) in [6, 6.07) is 5.63. The first-order valence-electron chi connectivity index (χ1n) is 6.34. The monoisotopic (exact) mass is 297 g/mol. The first-order valence-corrected chi connectivity index (χ1v) is 7.10. The third kappa shape index (κ3) is 3.96. The van der Waals surface area contributed by atoms with Gasteiger partial charge in [-0.25, -0.2) is 4.98 Å². The van der Waals surface area contributed by atoms with Crippen LogP contribution in [0.4, 0.5) is 0 Å². The minimum atomic E-state index is 0.671. The van der Waals surface area contributed by atoms with Crippen LogP contribution in [0.15, 0.2) is 30.7 Å². The number of benzene rings is 1. The molecule has 102 valence electrons. The Labute approximate surface area is 123 Å². The summed E-state index contributed by atoms with van der Waals surface area (Å²) in [6.07, 6.45) is 4.62. The van der Waals surface area contributed by atoms with Crippen molar-refractivity contribution >= 4 is 23.2 Å². The summed E-state index contributed by atoms with van der Waals surface area (Å²) < 4.78 is 2.15. The second kappa shape index (κ2) is 6.94. The molecule has 0 bridgehead atoms. The Morgan fingerprint density at radius 1 is 1.32 bits per heavy atom. The van der Waals surface area contributed by atoms with Gasteiger partial charge >= 0.3 is 0 Å². The van der Waals surface area contributed by atoms with E-state index in [0.717, 1.165) is 36.6 Å². The molecule has 1 heterocycles. The fourth-order valence-corrected chi connectivity index (χ4v) is 2.42. The molecular weight excluding hydrogens is 281 g/mol. The molecule has 0 aliphatic carbocycles. The van der Waals surface area contributed by atoms with E-state index in [1.807, 2.05) is 24.7 Å². The van der Waals surface area contributed by atoms with Crippen LogP contribution in [0.25, 0.3) is 0 Å². The van der Waals surface area contributed by atoms with Crippen LogP contribution >= 0.6 is 23.2 Å². The number of imidazole rings is 1. The van der Waals surface area contributed by atoms with Crippen molar-refractivity contribution in [2.24, 2.45) is 0 Å². The second-order valence-corrected chi connectivity index (χ2v) is 5.19. The lowest BCUT2D eigenvalue weighted by Gasteiger charge is -2.09. The minimum absolute atomic E-state index is 0.671. The minimum Gasteiger partial charge on any atom is -0.333 e. The van der Waals surface area contributed by atoms with E-state index in [0.29, 0.717) is 5.02 Å². The summed E-state index contributed by atoms with van der Waals surface area (Å²) >= 11 is 12.1. The van der Waals surface area contributed by atoms with E-state index in [1.165, 1.54) is 5.69 Å². The van der Waals surface area contributed by atoms with Gasteiger partial charge in [-0.05, 0) is 30.7 Å². The van der Waals surface area contributed by atoms with Crippen molar-refractivity contribution in [2.45, 2.75) is 26.4 Å². The molecule has 0 amide bonds. The zero-order valence-electron chi connectivity index (χ0n) is 10.9. The van der Waals surface area contributed by atoms with E-state index in [2.05, 4.69) is 21.8 Å². The van der Waals surface area contributed by atoms with Crippen LogP contribution in [0.5, 0.6) is 0 Å². The summed E-state index contributed by atoms with van der Waals surface area (Å²) in [5, 5.41) is 4.70. The van der Waals surface area contributed by atoms with Crippen LogP contribution in [0.1, 0.15) is 18.2 Å². The highest BCUT2D eigenvalue weighted by Crippen LogP contribution is 2.21. The molecule has 0 saturated carbocycles. The Balaban J connectivity index is 2.00. The van der Waals surface area contributed by atoms with Gasteiger partial charge in [0.05, 0.1) is 12.0 Å². The Bertz CT molecular complexity index is 537. The first-order chi connectivity index (χ1) is 9.20. The maximum atomic E-state index is 6.17. The Morgan fingerprint density at radius 2 is 2.16 bits per heavy atom. The summed E-state index contributed by atoms with van der Waals surface area (Å²) in [5.41, 5.74) is 2.29. The van der Waals surface area contributed by atoms with Crippen LogP contribution < -0.4 is 5.32 Å². The second-order valence-electron chi connectivity index (χ2n) is 4.34. The third-order valence-electron chi connectivity index (χ3n) is 2.99. The summed E-state index contributed by atoms with van der Waals surface area (Å²) in [7, 11) is 0. The van der Waals surface area contributed by atoms with Gasteiger partial charge in [0, 0.05) is 29.3 Å². The number of hydrogen-bond acceptors (Lipinski definition) is 2. The molecule has 0 aliphatic rings. The lowest BCUT2D eigenvalue weighted by molar-refractivity contribution is 0.619. The molecule has 0 radical (unpaired) electrons. The summed E-state index contributed by atoms with van der Waals surface area (Å²) in [5.74, 6) is 0. The van der Waals surface area contributed by atoms with E-state index in [4.69, 9.17) is 23.2 Å². The fourth-order valence-electron chi connectivity index (χ4n) is 1.92. The molecule has 3 nitrogen and oxygen atoms in total. The molecule has 0 aliphatic heterocycles. The van der Waals surface area contributed by atoms with E-state index in [9.17, 15) is 0 Å². The molecule has 0 saturated heterocycles. The number of aryl methyl sites for hydroxylation is 2. The van der Waals surface area contributed by atoms with E-state index in [1.54, 1.807) is 6.07 Å². The van der Waals surface area contributed by atoms with Gasteiger partial charge in [-0.15, -0.1) is 0 Å². The zero-order chi connectivity index (χ0) is 13.7. The van der Waals surface area contributed by atoms with Gasteiger partial charge in [-0.1, -0.05) is 36.2 Å². The quantitative estimate of drug-likeness (QED) is 0.884. The smallest absolute Gasteiger partial charge is 0.0948 e. The molecule has 1 aromatic heterocycles. The van der Waals surface area contributed by atoms with Gasteiger partial charge in [0.1, 0.15) is 0 Å². The lowest BCUT2D eigenvalue weighted by atomic mass is 10.1. The molecule has 1 aromatic carbocycles. The predicted molar refractivity (Wildman–Crippen MR) is 79.8 cm³/mol. The van der Waals surface area contributed by atoms with Crippen LogP contribution in [0.2, 0.25) is 10.0 Å². The summed E-state index contributed by atoms with van der Waals surface area (Å²) in [6.45, 7) is 4.75. The molecular formula is C14H17Cl2N3. The van der Waals surface area contributed by atoms with Crippen LogP contribution in [-0.2, 0) is 19.5 Å². The molecule has 19 heavy (non-hydrogen) atoms. The molecule has 0 unspecified atom stereocenters. The predicted octanol–water partition coefficient (Wildman–Crippen LogP) is 3.54. The molecule has 0 fully saturated rings. The molecule has 2 rings (SSSR count). The van der Waals surface area contributed by atoms with E-state index < -0.39 is 0 Å². The summed E-state index contributed by atoms with van der Waals surface area (Å²) in [4.78, 5) is 4.19. The highest BCUT2D eigenvalue weighted by atomic mass is 35.5. The third-order valence-corrected chi connectivity index (χ3v) is 3.58. The van der Waals surface area contributed by atoms with Gasteiger partial charge in [0.15, 0.2) is 0 Å². The largest absolute Gasteiger partial charge is 0.333 e. The van der Waals surface area contributed by atoms with Gasteiger partial charge in [-0.3, -0.25) is 0 Å². The number of rotatable bonds is 6. The van der Waals surface area contributed by atoms with Gasteiger partial charge < -0.3 is 9.88 Å². The Morgan fingerprint density at radius 3 is 2.89 bits per heavy atom. The fraction of sp³-hybridized carbons (Fsp3) is 0.357. The maximum Gasteiger partial charge on any atom is 0.0948 e. The number of aromatic nitrogens is 2. The van der Waals surface area contributed by atoms with Gasteiger partial charge in [0.25, 0.3) is 0 Å². The Hall–Kier alpha value is -1.03. The molecule has 0 spiro atoms. The van der Waals surface area contributed by atoms with Crippen molar-refractivity contribution in [2.75, 3.05) is 6.54 Å². The number of halogens is 2. The normalized spacial score (nSPS) is 10.9. The standard InChI is InChI=1S/C14H17Cl2N3/c1-2-17-8-13-9-18-10-19(13)6-5-11-3-4-12(15)7-14(11)16/h3-4,7,9-10,17H,2,5-6,8H2,1H3. The van der Waals surface area contributed by atoms with Gasteiger partial charge in [0.2, 0.25) is 0 Å². The number of nitrogens with one attached hydrogen (secondary N) is 1. The van der Waals surface area contributed by atoms with Crippen molar-refractivity contribution in [1.82, 2.24) is 14.9 Å². The zero-order valence-corrected chi connectivity index (χ0v) is 12.4. The van der Waals surface area contributed by atoms with Crippen LogP contribution in [0.3, 0.4) is 0 Å². The molecule has 1 N–H and O–H groups in total. The van der Waals surface area contributed by atoms with Crippen molar-refractivity contribution in [1.29, 1.82) is 0 Å². The van der Waals surface area contributed by atoms with E-state index >= 15 is 0 Å². The Kier molecular flexibility index (Phi) is 5.25. The van der Waals surface area contributed by atoms with Crippen LogP contribution in [0, 0.1) is 0 Å². The van der Waals surface area contributed by atoms with Crippen LogP contribution in [-0.4, -0.2) is 16.1 Å². The number of nitrogens with zero attached hydrogens (tertiary/aromatic N) is 2. The van der Waals surface area contributed by atoms with Crippen molar-refractivity contribution in [3.63, 3.8) is 0 Å². The number of hydrogen-bond donors (Lipinski definition) is 1. The topological polar surface area (TPSA) is 29.9 Å². The first kappa shape index (κ1) is 14.4. The average Bonchev–Trinajstić information content (AvgIpc) is 2.83. The molecule has 0 atom stereocenters. The lowest BCUT2D eigenvalue weighted by Crippen LogP contribution is -2.15. The van der Waals surface area contributed by atoms with Crippen molar-refractivity contribution in [3.8, 4) is 0 Å². The average molecular weight is 298 g/mol. The maximum absolute atomic E-state index is 6.17. The molecule has 2 aromatic rings. The highest BCUT2D eigenvalue weighted by molar-refractivity contribution is 6.35. The van der Waals surface area contributed by atoms with Crippen molar-refractivity contribution < 1.29 is 0 Å². The SMILES string of the molecule is CCNCc1cncn1CCc1ccc(Cl)cc1Cl. The van der Waals surface area contributed by atoms with Gasteiger partial charge in [-0.2, -0.15) is 0 Å². The van der Waals surface area contributed by atoms with E-state index in [-0.39, 0.29) is 0 Å². The van der Waals surface area contributed by atoms with Crippen molar-refractivity contribution in [3.05, 3.63) is 52.0 Å².